The molecule has 1 fully saturated rings. The lowest BCUT2D eigenvalue weighted by atomic mass is 10.0. The number of rotatable bonds is 7. The molecule has 1 amide bonds. The van der Waals surface area contributed by atoms with Crippen LogP contribution in [0.3, 0.4) is 0 Å². The van der Waals surface area contributed by atoms with Crippen LogP contribution in [0.2, 0.25) is 0 Å². The topological polar surface area (TPSA) is 54.3 Å². The van der Waals surface area contributed by atoms with Gasteiger partial charge in [-0.25, -0.2) is 0 Å². The monoisotopic (exact) mass is 373 g/mol. The highest BCUT2D eigenvalue weighted by molar-refractivity contribution is 7.99. The molecular formula is C19H27N5OS. The first kappa shape index (κ1) is 18.9. The molecule has 0 N–H and O–H groups in total. The van der Waals surface area contributed by atoms with E-state index < -0.39 is 0 Å². The standard InChI is InChI=1S/C19H27N5OS/c1-22(12-10-16-7-4-3-5-8-16)17-9-6-11-24(13-17)18(25)14-26-19-21-20-15-23(19)2/h3-5,7-8,15,17H,6,9-14H2,1-2H3. The van der Waals surface area contributed by atoms with Crippen LogP contribution in [0.25, 0.3) is 0 Å². The van der Waals surface area contributed by atoms with Crippen molar-refractivity contribution in [2.45, 2.75) is 30.5 Å². The summed E-state index contributed by atoms with van der Waals surface area (Å²) in [5.41, 5.74) is 1.36. The molecule has 1 atom stereocenters. The molecule has 0 saturated carbocycles. The van der Waals surface area contributed by atoms with Crippen molar-refractivity contribution in [1.82, 2.24) is 24.6 Å². The molecule has 6 nitrogen and oxygen atoms in total. The minimum absolute atomic E-state index is 0.194. The van der Waals surface area contributed by atoms with Crippen LogP contribution in [0.1, 0.15) is 18.4 Å². The van der Waals surface area contributed by atoms with Crippen molar-refractivity contribution < 1.29 is 4.79 Å². The van der Waals surface area contributed by atoms with Crippen molar-refractivity contribution in [3.63, 3.8) is 0 Å². The number of hydrogen-bond acceptors (Lipinski definition) is 5. The maximum absolute atomic E-state index is 12.6. The lowest BCUT2D eigenvalue weighted by Crippen LogP contribution is -2.49. The van der Waals surface area contributed by atoms with E-state index in [1.165, 1.54) is 17.3 Å². The fourth-order valence-electron chi connectivity index (χ4n) is 3.29. The van der Waals surface area contributed by atoms with E-state index in [1.54, 1.807) is 6.33 Å². The second-order valence-electron chi connectivity index (χ2n) is 6.87. The van der Waals surface area contributed by atoms with Gasteiger partial charge in [-0.2, -0.15) is 0 Å². The summed E-state index contributed by atoms with van der Waals surface area (Å²) in [4.78, 5) is 17.0. The third-order valence-corrected chi connectivity index (χ3v) is 5.98. The smallest absolute Gasteiger partial charge is 0.233 e. The highest BCUT2D eigenvalue weighted by atomic mass is 32.2. The van der Waals surface area contributed by atoms with E-state index in [9.17, 15) is 4.79 Å². The molecule has 0 radical (unpaired) electrons. The first-order valence-corrected chi connectivity index (χ1v) is 10.1. The minimum Gasteiger partial charge on any atom is -0.340 e. The molecule has 1 unspecified atom stereocenters. The van der Waals surface area contributed by atoms with Crippen LogP contribution in [-0.4, -0.2) is 68.9 Å². The second kappa shape index (κ2) is 9.19. The molecule has 3 rings (SSSR count). The lowest BCUT2D eigenvalue weighted by Gasteiger charge is -2.37. The SMILES string of the molecule is CN(CCc1ccccc1)C1CCCN(C(=O)CSc2nncn2C)C1. The third kappa shape index (κ3) is 5.08. The average molecular weight is 374 g/mol. The van der Waals surface area contributed by atoms with Crippen LogP contribution in [0.15, 0.2) is 41.8 Å². The van der Waals surface area contributed by atoms with Gasteiger partial charge in [0.15, 0.2) is 5.16 Å². The Morgan fingerprint density at radius 1 is 1.35 bits per heavy atom. The Morgan fingerprint density at radius 2 is 2.15 bits per heavy atom. The van der Waals surface area contributed by atoms with Crippen LogP contribution in [0, 0.1) is 0 Å². The summed E-state index contributed by atoms with van der Waals surface area (Å²) in [6.45, 7) is 2.70. The van der Waals surface area contributed by atoms with Gasteiger partial charge in [-0.15, -0.1) is 10.2 Å². The van der Waals surface area contributed by atoms with Gasteiger partial charge in [0.25, 0.3) is 0 Å². The highest BCUT2D eigenvalue weighted by Crippen LogP contribution is 2.19. The molecule has 7 heteroatoms. The average Bonchev–Trinajstić information content (AvgIpc) is 3.10. The molecule has 2 aromatic rings. The summed E-state index contributed by atoms with van der Waals surface area (Å²) in [6.07, 6.45) is 4.93. The van der Waals surface area contributed by atoms with Gasteiger partial charge in [0.1, 0.15) is 6.33 Å². The van der Waals surface area contributed by atoms with Crippen molar-refractivity contribution in [2.24, 2.45) is 7.05 Å². The Labute approximate surface area is 159 Å². The summed E-state index contributed by atoms with van der Waals surface area (Å²) >= 11 is 1.46. The van der Waals surface area contributed by atoms with Crippen molar-refractivity contribution in [1.29, 1.82) is 0 Å². The molecule has 1 aromatic heterocycles. The quantitative estimate of drug-likeness (QED) is 0.696. The molecule has 1 aliphatic rings. The lowest BCUT2D eigenvalue weighted by molar-refractivity contribution is -0.130. The van der Waals surface area contributed by atoms with Crippen molar-refractivity contribution in [3.8, 4) is 0 Å². The van der Waals surface area contributed by atoms with E-state index in [2.05, 4.69) is 52.5 Å². The maximum atomic E-state index is 12.6. The molecule has 1 aromatic carbocycles. The molecule has 140 valence electrons. The third-order valence-electron chi connectivity index (χ3n) is 4.96. The van der Waals surface area contributed by atoms with Gasteiger partial charge in [-0.3, -0.25) is 4.79 Å². The van der Waals surface area contributed by atoms with E-state index in [0.717, 1.165) is 44.1 Å². The van der Waals surface area contributed by atoms with Crippen LogP contribution < -0.4 is 0 Å². The van der Waals surface area contributed by atoms with Crippen LogP contribution >= 0.6 is 11.8 Å². The number of aryl methyl sites for hydroxylation is 1. The first-order valence-electron chi connectivity index (χ1n) is 9.12. The van der Waals surface area contributed by atoms with E-state index in [4.69, 9.17) is 0 Å². The summed E-state index contributed by atoms with van der Waals surface area (Å²) in [7, 11) is 4.07. The van der Waals surface area contributed by atoms with Crippen LogP contribution in [0.4, 0.5) is 0 Å². The van der Waals surface area contributed by atoms with Crippen molar-refractivity contribution in [3.05, 3.63) is 42.2 Å². The number of benzene rings is 1. The zero-order chi connectivity index (χ0) is 18.4. The summed E-state index contributed by atoms with van der Waals surface area (Å²) in [5, 5.41) is 8.66. The van der Waals surface area contributed by atoms with E-state index in [1.807, 2.05) is 16.5 Å². The Bertz CT molecular complexity index is 705. The van der Waals surface area contributed by atoms with Gasteiger partial charge in [0.05, 0.1) is 5.75 Å². The Kier molecular flexibility index (Phi) is 6.68. The molecule has 26 heavy (non-hydrogen) atoms. The number of amides is 1. The summed E-state index contributed by atoms with van der Waals surface area (Å²) in [5.74, 6) is 0.617. The van der Waals surface area contributed by atoms with E-state index in [0.29, 0.717) is 11.8 Å². The zero-order valence-electron chi connectivity index (χ0n) is 15.5. The number of likely N-dealkylation sites (tertiary alicyclic amines) is 1. The molecule has 1 saturated heterocycles. The van der Waals surface area contributed by atoms with Crippen molar-refractivity contribution in [2.75, 3.05) is 32.4 Å². The molecular weight excluding hydrogens is 346 g/mol. The summed E-state index contributed by atoms with van der Waals surface area (Å²) < 4.78 is 1.84. The Hall–Kier alpha value is -1.86. The predicted molar refractivity (Wildman–Crippen MR) is 104 cm³/mol. The number of aromatic nitrogens is 3. The number of hydrogen-bond donors (Lipinski definition) is 0. The zero-order valence-corrected chi connectivity index (χ0v) is 16.4. The molecule has 0 spiro atoms. The van der Waals surface area contributed by atoms with E-state index in [-0.39, 0.29) is 5.91 Å². The minimum atomic E-state index is 0.194. The van der Waals surface area contributed by atoms with Crippen LogP contribution in [-0.2, 0) is 18.3 Å². The fourth-order valence-corrected chi connectivity index (χ4v) is 4.09. The number of likely N-dealkylation sites (N-methyl/N-ethyl adjacent to an activating group) is 1. The van der Waals surface area contributed by atoms with Gasteiger partial charge >= 0.3 is 0 Å². The summed E-state index contributed by atoms with van der Waals surface area (Å²) in [6, 6.07) is 11.0. The Balaban J connectivity index is 1.46. The van der Waals surface area contributed by atoms with Gasteiger partial charge in [-0.05, 0) is 31.9 Å². The fraction of sp³-hybridized carbons (Fsp3) is 0.526. The number of nitrogens with zero attached hydrogens (tertiary/aromatic N) is 5. The second-order valence-corrected chi connectivity index (χ2v) is 7.81. The van der Waals surface area contributed by atoms with Gasteiger partial charge in [0, 0.05) is 32.7 Å². The number of thioether (sulfide) groups is 1. The Morgan fingerprint density at radius 3 is 2.88 bits per heavy atom. The van der Waals surface area contributed by atoms with Gasteiger partial charge in [0.2, 0.25) is 5.91 Å². The van der Waals surface area contributed by atoms with E-state index >= 15 is 0 Å². The first-order chi connectivity index (χ1) is 12.6. The van der Waals surface area contributed by atoms with Crippen LogP contribution in [0.5, 0.6) is 0 Å². The molecule has 0 bridgehead atoms. The number of carbonyl (C=O) groups excluding carboxylic acids is 1. The van der Waals surface area contributed by atoms with Gasteiger partial charge < -0.3 is 14.4 Å². The highest BCUT2D eigenvalue weighted by Gasteiger charge is 2.26. The normalized spacial score (nSPS) is 17.7. The number of carbonyl (C=O) groups is 1. The molecule has 1 aliphatic heterocycles. The molecule has 2 heterocycles. The number of piperidine rings is 1. The molecule has 0 aliphatic carbocycles. The maximum Gasteiger partial charge on any atom is 0.233 e. The largest absolute Gasteiger partial charge is 0.340 e. The van der Waals surface area contributed by atoms with Crippen molar-refractivity contribution >= 4 is 17.7 Å². The predicted octanol–water partition coefficient (Wildman–Crippen LogP) is 2.07. The van der Waals surface area contributed by atoms with Gasteiger partial charge in [-0.1, -0.05) is 42.1 Å².